The summed E-state index contributed by atoms with van der Waals surface area (Å²) in [5.74, 6) is 0.663. The van der Waals surface area contributed by atoms with Gasteiger partial charge in [-0.05, 0) is 40.5 Å². The molecular weight excluding hydrogens is 318 g/mol. The fraction of sp³-hybridized carbons (Fsp3) is 0.455. The quantitative estimate of drug-likeness (QED) is 0.906. The summed E-state index contributed by atoms with van der Waals surface area (Å²) in [4.78, 5) is 1.17. The van der Waals surface area contributed by atoms with Crippen molar-refractivity contribution in [3.05, 3.63) is 20.9 Å². The molecule has 92 valence electrons. The molecule has 0 saturated heterocycles. The molecule has 0 bridgehead atoms. The molecule has 2 rings (SSSR count). The molecule has 2 aromatic heterocycles. The van der Waals surface area contributed by atoms with E-state index in [1.165, 1.54) is 4.88 Å². The smallest absolute Gasteiger partial charge is 0.157 e. The van der Waals surface area contributed by atoms with E-state index < -0.39 is 0 Å². The first-order valence-corrected chi connectivity index (χ1v) is 7.86. The third-order valence-corrected chi connectivity index (χ3v) is 4.80. The Labute approximate surface area is 117 Å². The summed E-state index contributed by atoms with van der Waals surface area (Å²) in [5, 5.41) is 13.8. The molecule has 0 atom stereocenters. The summed E-state index contributed by atoms with van der Waals surface area (Å²) >= 11 is 6.80. The van der Waals surface area contributed by atoms with Gasteiger partial charge in [0, 0.05) is 6.54 Å². The molecule has 0 unspecified atom stereocenters. The van der Waals surface area contributed by atoms with Crippen LogP contribution in [0.25, 0.3) is 9.88 Å². The third-order valence-electron chi connectivity index (χ3n) is 2.08. The van der Waals surface area contributed by atoms with Crippen LogP contribution in [0.5, 0.6) is 0 Å². The van der Waals surface area contributed by atoms with Crippen LogP contribution < -0.4 is 5.32 Å². The zero-order valence-corrected chi connectivity index (χ0v) is 13.0. The lowest BCUT2D eigenvalue weighted by molar-refractivity contribution is 0.550. The van der Waals surface area contributed by atoms with E-state index in [1.807, 2.05) is 6.07 Å². The Kier molecular flexibility index (Phi) is 4.67. The molecule has 0 aliphatic rings. The summed E-state index contributed by atoms with van der Waals surface area (Å²) in [5.41, 5.74) is 0. The number of nitrogens with one attached hydrogen (secondary N) is 1. The molecule has 0 fully saturated rings. The molecule has 1 N–H and O–H groups in total. The van der Waals surface area contributed by atoms with Crippen molar-refractivity contribution in [2.24, 2.45) is 5.92 Å². The molecule has 0 spiro atoms. The van der Waals surface area contributed by atoms with Gasteiger partial charge >= 0.3 is 0 Å². The predicted octanol–water partition coefficient (Wildman–Crippen LogP) is 3.77. The first kappa shape index (κ1) is 13.1. The number of aromatic nitrogens is 2. The molecule has 6 heteroatoms. The maximum absolute atomic E-state index is 4.22. The minimum Gasteiger partial charge on any atom is -0.310 e. The highest BCUT2D eigenvalue weighted by molar-refractivity contribution is 9.11. The molecule has 2 aromatic rings. The number of nitrogens with zero attached hydrogens (tertiary/aromatic N) is 2. The number of hydrogen-bond donors (Lipinski definition) is 1. The molecule has 2 heterocycles. The van der Waals surface area contributed by atoms with Crippen molar-refractivity contribution in [3.8, 4) is 9.88 Å². The summed E-state index contributed by atoms with van der Waals surface area (Å²) in [6.45, 7) is 6.21. The number of rotatable bonds is 5. The lowest BCUT2D eigenvalue weighted by Crippen LogP contribution is -2.18. The van der Waals surface area contributed by atoms with Crippen molar-refractivity contribution in [1.82, 2.24) is 15.5 Å². The van der Waals surface area contributed by atoms with Gasteiger partial charge in [0.1, 0.15) is 5.01 Å². The van der Waals surface area contributed by atoms with Crippen molar-refractivity contribution in [3.63, 3.8) is 0 Å². The van der Waals surface area contributed by atoms with Gasteiger partial charge in [-0.15, -0.1) is 21.5 Å². The lowest BCUT2D eigenvalue weighted by atomic mass is 10.2. The molecule has 17 heavy (non-hydrogen) atoms. The topological polar surface area (TPSA) is 37.8 Å². The second kappa shape index (κ2) is 6.04. The zero-order valence-electron chi connectivity index (χ0n) is 9.74. The van der Waals surface area contributed by atoms with E-state index in [0.29, 0.717) is 5.92 Å². The maximum atomic E-state index is 4.22. The second-order valence-electron chi connectivity index (χ2n) is 4.13. The monoisotopic (exact) mass is 331 g/mol. The Hall–Kier alpha value is -0.300. The van der Waals surface area contributed by atoms with Crippen LogP contribution in [-0.2, 0) is 6.54 Å². The highest BCUT2D eigenvalue weighted by Gasteiger charge is 2.08. The average Bonchev–Trinajstić information content (AvgIpc) is 2.86. The molecule has 3 nitrogen and oxygen atoms in total. The van der Waals surface area contributed by atoms with Crippen LogP contribution in [-0.4, -0.2) is 16.7 Å². The number of thiophene rings is 1. The highest BCUT2D eigenvalue weighted by atomic mass is 79.9. The molecule has 0 saturated carbocycles. The zero-order chi connectivity index (χ0) is 12.3. The molecule has 0 aromatic carbocycles. The summed E-state index contributed by atoms with van der Waals surface area (Å²) in [6.07, 6.45) is 0. The van der Waals surface area contributed by atoms with Gasteiger partial charge in [0.2, 0.25) is 0 Å². The van der Waals surface area contributed by atoms with Crippen LogP contribution in [0, 0.1) is 5.92 Å². The Balaban J connectivity index is 1.96. The van der Waals surface area contributed by atoms with Crippen LogP contribution in [0.4, 0.5) is 0 Å². The Bertz CT molecular complexity index is 479. The van der Waals surface area contributed by atoms with Gasteiger partial charge in [-0.3, -0.25) is 0 Å². The standard InChI is InChI=1S/C11H14BrN3S2/c1-7(2)5-13-6-10-14-15-11(17-10)8-3-4-9(12)16-8/h3-4,7,13H,5-6H2,1-2H3. The van der Waals surface area contributed by atoms with E-state index in [2.05, 4.69) is 51.4 Å². The number of halogens is 1. The van der Waals surface area contributed by atoms with Crippen LogP contribution >= 0.6 is 38.6 Å². The summed E-state index contributed by atoms with van der Waals surface area (Å²) in [7, 11) is 0. The first-order chi connectivity index (χ1) is 8.15. The van der Waals surface area contributed by atoms with E-state index in [9.17, 15) is 0 Å². The SMILES string of the molecule is CC(C)CNCc1nnc(-c2ccc(Br)s2)s1. The second-order valence-corrected chi connectivity index (χ2v) is 7.65. The largest absolute Gasteiger partial charge is 0.310 e. The van der Waals surface area contributed by atoms with Gasteiger partial charge in [0.15, 0.2) is 5.01 Å². The van der Waals surface area contributed by atoms with Crippen LogP contribution in [0.15, 0.2) is 15.9 Å². The van der Waals surface area contributed by atoms with Gasteiger partial charge in [0.25, 0.3) is 0 Å². The van der Waals surface area contributed by atoms with E-state index in [0.717, 1.165) is 26.9 Å². The number of hydrogen-bond acceptors (Lipinski definition) is 5. The van der Waals surface area contributed by atoms with Gasteiger partial charge in [-0.1, -0.05) is 25.2 Å². The van der Waals surface area contributed by atoms with Crippen molar-refractivity contribution in [1.29, 1.82) is 0 Å². The fourth-order valence-corrected chi connectivity index (χ4v) is 3.57. The van der Waals surface area contributed by atoms with Crippen molar-refractivity contribution < 1.29 is 0 Å². The van der Waals surface area contributed by atoms with Crippen molar-refractivity contribution in [2.45, 2.75) is 20.4 Å². The Morgan fingerprint density at radius 1 is 1.29 bits per heavy atom. The maximum Gasteiger partial charge on any atom is 0.157 e. The minimum atomic E-state index is 0.663. The van der Waals surface area contributed by atoms with Gasteiger partial charge in [0.05, 0.1) is 8.66 Å². The predicted molar refractivity (Wildman–Crippen MR) is 77.5 cm³/mol. The third kappa shape index (κ3) is 3.84. The normalized spacial score (nSPS) is 11.3. The average molecular weight is 332 g/mol. The minimum absolute atomic E-state index is 0.663. The molecule has 0 aliphatic carbocycles. The van der Waals surface area contributed by atoms with Crippen molar-refractivity contribution >= 4 is 38.6 Å². The van der Waals surface area contributed by atoms with E-state index >= 15 is 0 Å². The summed E-state index contributed by atoms with van der Waals surface area (Å²) < 4.78 is 1.13. The van der Waals surface area contributed by atoms with E-state index in [-0.39, 0.29) is 0 Å². The van der Waals surface area contributed by atoms with Crippen LogP contribution in [0.2, 0.25) is 0 Å². The molecule has 0 radical (unpaired) electrons. The van der Waals surface area contributed by atoms with Gasteiger partial charge in [-0.2, -0.15) is 0 Å². The van der Waals surface area contributed by atoms with Crippen molar-refractivity contribution in [2.75, 3.05) is 6.54 Å². The Morgan fingerprint density at radius 3 is 2.76 bits per heavy atom. The first-order valence-electron chi connectivity index (χ1n) is 5.44. The van der Waals surface area contributed by atoms with E-state index in [1.54, 1.807) is 22.7 Å². The van der Waals surface area contributed by atoms with Gasteiger partial charge in [-0.25, -0.2) is 0 Å². The molecular formula is C11H14BrN3S2. The van der Waals surface area contributed by atoms with Crippen LogP contribution in [0.3, 0.4) is 0 Å². The molecule has 0 amide bonds. The van der Waals surface area contributed by atoms with Crippen LogP contribution in [0.1, 0.15) is 18.9 Å². The van der Waals surface area contributed by atoms with E-state index in [4.69, 9.17) is 0 Å². The highest BCUT2D eigenvalue weighted by Crippen LogP contribution is 2.32. The molecule has 0 aliphatic heterocycles. The lowest BCUT2D eigenvalue weighted by Gasteiger charge is -2.03. The summed E-state index contributed by atoms with van der Waals surface area (Å²) in [6, 6.07) is 4.11. The fourth-order valence-electron chi connectivity index (χ4n) is 1.32. The Morgan fingerprint density at radius 2 is 2.12 bits per heavy atom. The van der Waals surface area contributed by atoms with Gasteiger partial charge < -0.3 is 5.32 Å².